The van der Waals surface area contributed by atoms with E-state index in [4.69, 9.17) is 0 Å². The SMILES string of the molecule is O=C(NC1CCc2cc(F)ccc21)C1CC(F)(F)CN1. The fourth-order valence-electron chi connectivity index (χ4n) is 2.91. The van der Waals surface area contributed by atoms with E-state index in [0.29, 0.717) is 12.8 Å². The van der Waals surface area contributed by atoms with Crippen LogP contribution in [0.4, 0.5) is 13.2 Å². The van der Waals surface area contributed by atoms with Gasteiger partial charge in [0.15, 0.2) is 0 Å². The van der Waals surface area contributed by atoms with Gasteiger partial charge in [0, 0.05) is 6.42 Å². The molecule has 108 valence electrons. The minimum Gasteiger partial charge on any atom is -0.348 e. The predicted molar refractivity (Wildman–Crippen MR) is 67.0 cm³/mol. The number of carbonyl (C=O) groups excluding carboxylic acids is 1. The molecule has 0 radical (unpaired) electrons. The predicted octanol–water partition coefficient (Wildman–Crippen LogP) is 1.93. The number of hydrogen-bond donors (Lipinski definition) is 2. The summed E-state index contributed by atoms with van der Waals surface area (Å²) in [5, 5.41) is 5.31. The third kappa shape index (κ3) is 2.52. The van der Waals surface area contributed by atoms with E-state index in [-0.39, 0.29) is 11.9 Å². The Bertz CT molecular complexity index is 547. The summed E-state index contributed by atoms with van der Waals surface area (Å²) in [5.74, 6) is -3.53. The second kappa shape index (κ2) is 4.77. The van der Waals surface area contributed by atoms with Crippen LogP contribution < -0.4 is 10.6 Å². The molecule has 1 aliphatic carbocycles. The molecule has 2 aliphatic rings. The number of alkyl halides is 2. The first kappa shape index (κ1) is 13.4. The molecule has 20 heavy (non-hydrogen) atoms. The number of fused-ring (bicyclic) bond motifs is 1. The van der Waals surface area contributed by atoms with Crippen molar-refractivity contribution in [3.63, 3.8) is 0 Å². The van der Waals surface area contributed by atoms with Gasteiger partial charge >= 0.3 is 0 Å². The average Bonchev–Trinajstić information content (AvgIpc) is 2.93. The maximum absolute atomic E-state index is 13.1. The second-order valence-corrected chi connectivity index (χ2v) is 5.44. The molecule has 0 spiro atoms. The maximum Gasteiger partial charge on any atom is 0.262 e. The van der Waals surface area contributed by atoms with Crippen LogP contribution in [0.2, 0.25) is 0 Å². The summed E-state index contributed by atoms with van der Waals surface area (Å²) < 4.78 is 39.2. The number of rotatable bonds is 2. The summed E-state index contributed by atoms with van der Waals surface area (Å²) in [5.41, 5.74) is 1.75. The van der Waals surface area contributed by atoms with Gasteiger partial charge in [0.05, 0.1) is 18.6 Å². The minimum atomic E-state index is -2.82. The zero-order valence-corrected chi connectivity index (χ0v) is 10.8. The number of halogens is 3. The summed E-state index contributed by atoms with van der Waals surface area (Å²) in [6.07, 6.45) is 0.891. The Hall–Kier alpha value is -1.56. The molecule has 0 saturated carbocycles. The van der Waals surface area contributed by atoms with Crippen LogP contribution in [0.1, 0.15) is 30.0 Å². The molecule has 2 atom stereocenters. The molecule has 1 fully saturated rings. The van der Waals surface area contributed by atoms with Crippen molar-refractivity contribution in [2.75, 3.05) is 6.54 Å². The monoisotopic (exact) mass is 284 g/mol. The molecule has 6 heteroatoms. The van der Waals surface area contributed by atoms with Crippen LogP contribution in [0.25, 0.3) is 0 Å². The van der Waals surface area contributed by atoms with Crippen molar-refractivity contribution in [3.05, 3.63) is 35.1 Å². The number of benzene rings is 1. The number of carbonyl (C=O) groups is 1. The van der Waals surface area contributed by atoms with E-state index in [9.17, 15) is 18.0 Å². The number of amides is 1. The fraction of sp³-hybridized carbons (Fsp3) is 0.500. The first-order valence-electron chi connectivity index (χ1n) is 6.64. The zero-order valence-electron chi connectivity index (χ0n) is 10.8. The van der Waals surface area contributed by atoms with Gasteiger partial charge in [-0.05, 0) is 36.1 Å². The molecule has 1 aromatic rings. The van der Waals surface area contributed by atoms with Crippen molar-refractivity contribution < 1.29 is 18.0 Å². The van der Waals surface area contributed by atoms with Crippen molar-refractivity contribution in [2.24, 2.45) is 0 Å². The van der Waals surface area contributed by atoms with Crippen molar-refractivity contribution in [1.82, 2.24) is 10.6 Å². The second-order valence-electron chi connectivity index (χ2n) is 5.44. The molecular weight excluding hydrogens is 269 g/mol. The summed E-state index contributed by atoms with van der Waals surface area (Å²) >= 11 is 0. The van der Waals surface area contributed by atoms with Crippen LogP contribution in [-0.2, 0) is 11.2 Å². The smallest absolute Gasteiger partial charge is 0.262 e. The Morgan fingerprint density at radius 3 is 2.90 bits per heavy atom. The highest BCUT2D eigenvalue weighted by Crippen LogP contribution is 2.32. The maximum atomic E-state index is 13.1. The molecule has 3 rings (SSSR count). The molecule has 2 N–H and O–H groups in total. The quantitative estimate of drug-likeness (QED) is 0.871. The van der Waals surface area contributed by atoms with Gasteiger partial charge in [-0.3, -0.25) is 10.1 Å². The molecule has 1 amide bonds. The van der Waals surface area contributed by atoms with Crippen LogP contribution in [0, 0.1) is 5.82 Å². The third-order valence-electron chi connectivity index (χ3n) is 3.93. The van der Waals surface area contributed by atoms with Crippen LogP contribution >= 0.6 is 0 Å². The summed E-state index contributed by atoms with van der Waals surface area (Å²) in [6, 6.07) is 3.40. The molecular formula is C14H15F3N2O. The van der Waals surface area contributed by atoms with E-state index >= 15 is 0 Å². The lowest BCUT2D eigenvalue weighted by molar-refractivity contribution is -0.124. The van der Waals surface area contributed by atoms with E-state index in [1.807, 2.05) is 0 Å². The lowest BCUT2D eigenvalue weighted by Crippen LogP contribution is -2.41. The Balaban J connectivity index is 1.67. The number of aryl methyl sites for hydroxylation is 1. The normalized spacial score (nSPS) is 27.4. The summed E-state index contributed by atoms with van der Waals surface area (Å²) in [7, 11) is 0. The standard InChI is InChI=1S/C14H15F3N2O/c15-9-2-3-10-8(5-9)1-4-11(10)19-13(20)12-6-14(16,17)7-18-12/h2-3,5,11-12,18H,1,4,6-7H2,(H,19,20). The Labute approximate surface area is 114 Å². The van der Waals surface area contributed by atoms with Crippen molar-refractivity contribution in [3.8, 4) is 0 Å². The zero-order chi connectivity index (χ0) is 14.3. The topological polar surface area (TPSA) is 41.1 Å². The minimum absolute atomic E-state index is 0.214. The van der Waals surface area contributed by atoms with Gasteiger partial charge < -0.3 is 5.32 Å². The van der Waals surface area contributed by atoms with Crippen LogP contribution in [0.3, 0.4) is 0 Å². The Morgan fingerprint density at radius 1 is 1.40 bits per heavy atom. The first-order valence-corrected chi connectivity index (χ1v) is 6.64. The molecule has 1 aromatic carbocycles. The largest absolute Gasteiger partial charge is 0.348 e. The van der Waals surface area contributed by atoms with E-state index < -0.39 is 30.8 Å². The van der Waals surface area contributed by atoms with Crippen molar-refractivity contribution in [2.45, 2.75) is 37.3 Å². The van der Waals surface area contributed by atoms with Gasteiger partial charge in [-0.2, -0.15) is 0 Å². The fourth-order valence-corrected chi connectivity index (χ4v) is 2.91. The van der Waals surface area contributed by atoms with Crippen LogP contribution in [-0.4, -0.2) is 24.4 Å². The number of nitrogens with one attached hydrogen (secondary N) is 2. The molecule has 1 heterocycles. The summed E-state index contributed by atoms with van der Waals surface area (Å²) in [6.45, 7) is -0.461. The molecule has 3 nitrogen and oxygen atoms in total. The van der Waals surface area contributed by atoms with E-state index in [1.54, 1.807) is 6.07 Å². The molecule has 1 saturated heterocycles. The highest BCUT2D eigenvalue weighted by Gasteiger charge is 2.42. The molecule has 0 bridgehead atoms. The van der Waals surface area contributed by atoms with Gasteiger partial charge in [-0.25, -0.2) is 13.2 Å². The molecule has 0 aromatic heterocycles. The van der Waals surface area contributed by atoms with Crippen LogP contribution in [0.5, 0.6) is 0 Å². The Kier molecular flexibility index (Phi) is 3.20. The lowest BCUT2D eigenvalue weighted by atomic mass is 10.1. The summed E-state index contributed by atoms with van der Waals surface area (Å²) in [4.78, 5) is 12.0. The third-order valence-corrected chi connectivity index (χ3v) is 3.93. The highest BCUT2D eigenvalue weighted by molar-refractivity contribution is 5.82. The average molecular weight is 284 g/mol. The first-order chi connectivity index (χ1) is 9.44. The van der Waals surface area contributed by atoms with E-state index in [1.165, 1.54) is 12.1 Å². The van der Waals surface area contributed by atoms with Gasteiger partial charge in [0.25, 0.3) is 5.92 Å². The molecule has 2 unspecified atom stereocenters. The van der Waals surface area contributed by atoms with E-state index in [2.05, 4.69) is 10.6 Å². The van der Waals surface area contributed by atoms with Crippen molar-refractivity contribution in [1.29, 1.82) is 0 Å². The highest BCUT2D eigenvalue weighted by atomic mass is 19.3. The van der Waals surface area contributed by atoms with Gasteiger partial charge in [0.2, 0.25) is 5.91 Å². The van der Waals surface area contributed by atoms with Crippen molar-refractivity contribution >= 4 is 5.91 Å². The van der Waals surface area contributed by atoms with Gasteiger partial charge in [0.1, 0.15) is 5.82 Å². The lowest BCUT2D eigenvalue weighted by Gasteiger charge is -2.17. The van der Waals surface area contributed by atoms with Crippen LogP contribution in [0.15, 0.2) is 18.2 Å². The number of hydrogen-bond acceptors (Lipinski definition) is 2. The van der Waals surface area contributed by atoms with Gasteiger partial charge in [-0.1, -0.05) is 6.07 Å². The Morgan fingerprint density at radius 2 is 2.20 bits per heavy atom. The molecule has 1 aliphatic heterocycles. The van der Waals surface area contributed by atoms with E-state index in [0.717, 1.165) is 11.1 Å². The van der Waals surface area contributed by atoms with Gasteiger partial charge in [-0.15, -0.1) is 0 Å².